The Balaban J connectivity index is 2.04. The zero-order valence-corrected chi connectivity index (χ0v) is 16.6. The van der Waals surface area contributed by atoms with Crippen molar-refractivity contribution in [1.29, 1.82) is 5.26 Å². The van der Waals surface area contributed by atoms with Gasteiger partial charge in [-0.2, -0.15) is 5.26 Å². The lowest BCUT2D eigenvalue weighted by Crippen LogP contribution is -2.48. The average Bonchev–Trinajstić information content (AvgIpc) is 2.59. The Morgan fingerprint density at radius 2 is 2.08 bits per heavy atom. The first-order valence-electron chi connectivity index (χ1n) is 9.15. The SMILES string of the molecule is CCN1c2ccc(/C=C(/C#N)c3cccc(Cl)c3)cc2C(C)CC1(C)C. The molecule has 0 bridgehead atoms. The van der Waals surface area contributed by atoms with Crippen LogP contribution < -0.4 is 4.90 Å². The number of nitrogens with zero attached hydrogens (tertiary/aromatic N) is 2. The van der Waals surface area contributed by atoms with Crippen molar-refractivity contribution in [2.24, 2.45) is 0 Å². The van der Waals surface area contributed by atoms with Crippen LogP contribution in [0.15, 0.2) is 42.5 Å². The lowest BCUT2D eigenvalue weighted by Gasteiger charge is -2.47. The van der Waals surface area contributed by atoms with Gasteiger partial charge in [-0.3, -0.25) is 0 Å². The number of fused-ring (bicyclic) bond motifs is 1. The maximum absolute atomic E-state index is 9.60. The lowest BCUT2D eigenvalue weighted by molar-refractivity contribution is 0.381. The molecule has 2 nitrogen and oxygen atoms in total. The molecule has 3 rings (SSSR count). The number of allylic oxidation sites excluding steroid dienone is 1. The van der Waals surface area contributed by atoms with Gasteiger partial charge in [-0.1, -0.05) is 36.7 Å². The molecular weight excluding hydrogens is 340 g/mol. The fourth-order valence-corrected chi connectivity index (χ4v) is 4.39. The van der Waals surface area contributed by atoms with E-state index in [1.165, 1.54) is 11.3 Å². The second-order valence-electron chi connectivity index (χ2n) is 7.66. The third-order valence-electron chi connectivity index (χ3n) is 5.29. The van der Waals surface area contributed by atoms with E-state index in [1.54, 1.807) is 0 Å². The summed E-state index contributed by atoms with van der Waals surface area (Å²) in [5.41, 5.74) is 5.38. The van der Waals surface area contributed by atoms with Gasteiger partial charge in [0.2, 0.25) is 0 Å². The summed E-state index contributed by atoms with van der Waals surface area (Å²) in [5.74, 6) is 0.493. The van der Waals surface area contributed by atoms with E-state index in [9.17, 15) is 5.26 Å². The molecule has 134 valence electrons. The molecule has 0 aliphatic carbocycles. The minimum absolute atomic E-state index is 0.164. The molecule has 1 aliphatic rings. The van der Waals surface area contributed by atoms with E-state index in [0.29, 0.717) is 16.5 Å². The number of hydrogen-bond acceptors (Lipinski definition) is 2. The van der Waals surface area contributed by atoms with Crippen LogP contribution in [0, 0.1) is 11.3 Å². The first-order valence-corrected chi connectivity index (χ1v) is 9.53. The van der Waals surface area contributed by atoms with Crippen LogP contribution in [0.4, 0.5) is 5.69 Å². The summed E-state index contributed by atoms with van der Waals surface area (Å²) in [6, 6.07) is 16.3. The predicted octanol–water partition coefficient (Wildman–Crippen LogP) is 6.52. The Morgan fingerprint density at radius 3 is 2.73 bits per heavy atom. The van der Waals surface area contributed by atoms with E-state index in [1.807, 2.05) is 30.3 Å². The Bertz CT molecular complexity index is 889. The molecule has 3 heteroatoms. The minimum atomic E-state index is 0.164. The fraction of sp³-hybridized carbons (Fsp3) is 0.348. The highest BCUT2D eigenvalue weighted by Crippen LogP contribution is 2.43. The van der Waals surface area contributed by atoms with E-state index in [4.69, 9.17) is 11.6 Å². The van der Waals surface area contributed by atoms with Crippen LogP contribution in [-0.4, -0.2) is 12.1 Å². The number of hydrogen-bond donors (Lipinski definition) is 0. The van der Waals surface area contributed by atoms with Crippen molar-refractivity contribution in [2.75, 3.05) is 11.4 Å². The van der Waals surface area contributed by atoms with Crippen LogP contribution in [-0.2, 0) is 0 Å². The summed E-state index contributed by atoms with van der Waals surface area (Å²) >= 11 is 6.08. The zero-order chi connectivity index (χ0) is 18.9. The molecule has 1 aliphatic heterocycles. The van der Waals surface area contributed by atoms with Crippen molar-refractivity contribution in [3.05, 3.63) is 64.2 Å². The van der Waals surface area contributed by atoms with Crippen LogP contribution in [0.3, 0.4) is 0 Å². The quantitative estimate of drug-likeness (QED) is 0.458. The summed E-state index contributed by atoms with van der Waals surface area (Å²) in [6.45, 7) is 10.1. The first kappa shape index (κ1) is 18.5. The Morgan fingerprint density at radius 1 is 1.31 bits per heavy atom. The maximum atomic E-state index is 9.60. The first-order chi connectivity index (χ1) is 12.4. The molecule has 0 aromatic heterocycles. The topological polar surface area (TPSA) is 27.0 Å². The van der Waals surface area contributed by atoms with Gasteiger partial charge < -0.3 is 4.90 Å². The van der Waals surface area contributed by atoms with E-state index in [-0.39, 0.29) is 5.54 Å². The molecule has 0 amide bonds. The van der Waals surface area contributed by atoms with Gasteiger partial charge in [0.15, 0.2) is 0 Å². The Kier molecular flexibility index (Phi) is 5.12. The van der Waals surface area contributed by atoms with Gasteiger partial charge in [-0.25, -0.2) is 0 Å². The number of nitriles is 1. The van der Waals surface area contributed by atoms with Gasteiger partial charge in [0.1, 0.15) is 0 Å². The van der Waals surface area contributed by atoms with Gasteiger partial charge >= 0.3 is 0 Å². The van der Waals surface area contributed by atoms with Gasteiger partial charge in [-0.15, -0.1) is 0 Å². The van der Waals surface area contributed by atoms with Gasteiger partial charge in [0.05, 0.1) is 11.6 Å². The molecule has 1 unspecified atom stereocenters. The van der Waals surface area contributed by atoms with E-state index in [0.717, 1.165) is 24.1 Å². The van der Waals surface area contributed by atoms with E-state index >= 15 is 0 Å². The smallest absolute Gasteiger partial charge is 0.0998 e. The molecule has 0 saturated carbocycles. The number of rotatable bonds is 3. The van der Waals surface area contributed by atoms with Crippen LogP contribution >= 0.6 is 11.6 Å². The summed E-state index contributed by atoms with van der Waals surface area (Å²) in [7, 11) is 0. The maximum Gasteiger partial charge on any atom is 0.0998 e. The summed E-state index contributed by atoms with van der Waals surface area (Å²) in [6.07, 6.45) is 3.08. The van der Waals surface area contributed by atoms with E-state index in [2.05, 4.69) is 56.9 Å². The zero-order valence-electron chi connectivity index (χ0n) is 15.9. The van der Waals surface area contributed by atoms with Crippen LogP contribution in [0.5, 0.6) is 0 Å². The molecule has 1 heterocycles. The van der Waals surface area contributed by atoms with Crippen molar-refractivity contribution >= 4 is 28.9 Å². The van der Waals surface area contributed by atoms with Crippen molar-refractivity contribution in [3.8, 4) is 6.07 Å². The van der Waals surface area contributed by atoms with Crippen molar-refractivity contribution in [2.45, 2.75) is 45.6 Å². The molecule has 2 aromatic rings. The second kappa shape index (κ2) is 7.17. The molecule has 0 radical (unpaired) electrons. The molecule has 1 atom stereocenters. The molecule has 2 aromatic carbocycles. The summed E-state index contributed by atoms with van der Waals surface area (Å²) in [5, 5.41) is 10.2. The monoisotopic (exact) mass is 364 g/mol. The normalized spacial score (nSPS) is 19.0. The number of benzene rings is 2. The Labute approximate surface area is 161 Å². The molecule has 0 N–H and O–H groups in total. The van der Waals surface area contributed by atoms with E-state index < -0.39 is 0 Å². The van der Waals surface area contributed by atoms with Crippen LogP contribution in [0.1, 0.15) is 56.7 Å². The summed E-state index contributed by atoms with van der Waals surface area (Å²) < 4.78 is 0. The molecule has 0 spiro atoms. The number of anilines is 1. The van der Waals surface area contributed by atoms with Crippen LogP contribution in [0.25, 0.3) is 11.6 Å². The molecule has 26 heavy (non-hydrogen) atoms. The highest BCUT2D eigenvalue weighted by molar-refractivity contribution is 6.30. The highest BCUT2D eigenvalue weighted by atomic mass is 35.5. The fourth-order valence-electron chi connectivity index (χ4n) is 4.20. The molecule has 0 saturated heterocycles. The summed E-state index contributed by atoms with van der Waals surface area (Å²) in [4.78, 5) is 2.48. The van der Waals surface area contributed by atoms with Gasteiger partial charge in [0.25, 0.3) is 0 Å². The molecule has 0 fully saturated rings. The van der Waals surface area contributed by atoms with Crippen molar-refractivity contribution in [3.63, 3.8) is 0 Å². The van der Waals surface area contributed by atoms with Crippen molar-refractivity contribution in [1.82, 2.24) is 0 Å². The van der Waals surface area contributed by atoms with Gasteiger partial charge in [0, 0.05) is 22.8 Å². The standard InChI is InChI=1S/C23H25ClN2/c1-5-26-22-10-9-17(12-21(22)16(2)14-23(26,3)4)11-19(15-25)18-7-6-8-20(24)13-18/h6-13,16H,5,14H2,1-4H3/b19-11-. The minimum Gasteiger partial charge on any atom is -0.366 e. The average molecular weight is 365 g/mol. The third-order valence-corrected chi connectivity index (χ3v) is 5.53. The lowest BCUT2D eigenvalue weighted by atomic mass is 9.79. The van der Waals surface area contributed by atoms with Crippen molar-refractivity contribution < 1.29 is 0 Å². The Hall–Kier alpha value is -2.24. The van der Waals surface area contributed by atoms with Gasteiger partial charge in [-0.05, 0) is 80.1 Å². The predicted molar refractivity (Wildman–Crippen MR) is 112 cm³/mol. The largest absolute Gasteiger partial charge is 0.366 e. The second-order valence-corrected chi connectivity index (χ2v) is 8.10. The highest BCUT2D eigenvalue weighted by Gasteiger charge is 2.35. The van der Waals surface area contributed by atoms with Crippen LogP contribution in [0.2, 0.25) is 5.02 Å². The third kappa shape index (κ3) is 3.50. The molecular formula is C23H25ClN2. The number of halogens is 1.